The van der Waals surface area contributed by atoms with E-state index >= 15 is 0 Å². The number of rotatable bonds is 2. The average Bonchev–Trinajstić information content (AvgIpc) is 2.38. The number of carbonyl (C=O) groups is 2. The Bertz CT molecular complexity index is 477. The van der Waals surface area contributed by atoms with Crippen LogP contribution in [0.1, 0.15) is 10.4 Å². The molecule has 1 aliphatic rings. The smallest absolute Gasteiger partial charge is 0.334 e. The lowest BCUT2D eigenvalue weighted by atomic mass is 10.1. The van der Waals surface area contributed by atoms with Crippen LogP contribution in [0.4, 0.5) is 0 Å². The lowest BCUT2D eigenvalue weighted by molar-refractivity contribution is -0.154. The van der Waals surface area contributed by atoms with Gasteiger partial charge in [0.1, 0.15) is 0 Å². The Kier molecular flexibility index (Phi) is 4.18. The minimum Gasteiger partial charge on any atom is -0.479 e. The Labute approximate surface area is 118 Å². The van der Waals surface area contributed by atoms with Crippen molar-refractivity contribution in [2.75, 3.05) is 19.7 Å². The summed E-state index contributed by atoms with van der Waals surface area (Å²) in [4.78, 5) is 24.7. The standard InChI is InChI=1S/C12H12INO4/c13-9-4-2-1-3-8(9)11(15)14-5-6-18-10(7-14)12(16)17/h1-4,10H,5-7H2,(H,16,17). The predicted molar refractivity (Wildman–Crippen MR) is 72.4 cm³/mol. The first-order valence-electron chi connectivity index (χ1n) is 5.48. The number of benzene rings is 1. The summed E-state index contributed by atoms with van der Waals surface area (Å²) in [6, 6.07) is 7.25. The zero-order valence-corrected chi connectivity index (χ0v) is 11.7. The van der Waals surface area contributed by atoms with E-state index in [9.17, 15) is 9.59 Å². The quantitative estimate of drug-likeness (QED) is 0.805. The fourth-order valence-corrected chi connectivity index (χ4v) is 2.41. The number of carboxylic acid groups (broad SMARTS) is 1. The number of amides is 1. The number of aliphatic carboxylic acids is 1. The monoisotopic (exact) mass is 361 g/mol. The Morgan fingerprint density at radius 1 is 1.39 bits per heavy atom. The van der Waals surface area contributed by atoms with Gasteiger partial charge in [-0.05, 0) is 34.7 Å². The molecule has 1 atom stereocenters. The van der Waals surface area contributed by atoms with Crippen molar-refractivity contribution in [2.45, 2.75) is 6.10 Å². The molecule has 1 N–H and O–H groups in total. The average molecular weight is 361 g/mol. The van der Waals surface area contributed by atoms with Crippen LogP contribution in [0.25, 0.3) is 0 Å². The predicted octanol–water partition coefficient (Wildman–Crippen LogP) is 1.22. The molecule has 5 nitrogen and oxygen atoms in total. The van der Waals surface area contributed by atoms with Crippen molar-refractivity contribution >= 4 is 34.5 Å². The van der Waals surface area contributed by atoms with Crippen molar-refractivity contribution in [3.63, 3.8) is 0 Å². The van der Waals surface area contributed by atoms with Crippen molar-refractivity contribution in [3.8, 4) is 0 Å². The topological polar surface area (TPSA) is 66.8 Å². The third-order valence-corrected chi connectivity index (χ3v) is 3.67. The fourth-order valence-electron chi connectivity index (χ4n) is 1.79. The van der Waals surface area contributed by atoms with Gasteiger partial charge in [0.25, 0.3) is 5.91 Å². The highest BCUT2D eigenvalue weighted by Gasteiger charge is 2.29. The van der Waals surface area contributed by atoms with Gasteiger partial charge >= 0.3 is 5.97 Å². The lowest BCUT2D eigenvalue weighted by Crippen LogP contribution is -2.48. The van der Waals surface area contributed by atoms with E-state index in [1.165, 1.54) is 4.90 Å². The molecule has 0 aromatic heterocycles. The number of carboxylic acids is 1. The van der Waals surface area contributed by atoms with Crippen LogP contribution >= 0.6 is 22.6 Å². The lowest BCUT2D eigenvalue weighted by Gasteiger charge is -2.31. The maximum Gasteiger partial charge on any atom is 0.334 e. The van der Waals surface area contributed by atoms with E-state index in [0.717, 1.165) is 3.57 Å². The van der Waals surface area contributed by atoms with Crippen LogP contribution in [0.15, 0.2) is 24.3 Å². The zero-order chi connectivity index (χ0) is 13.1. The van der Waals surface area contributed by atoms with Crippen molar-refractivity contribution < 1.29 is 19.4 Å². The number of hydrogen-bond donors (Lipinski definition) is 1. The van der Waals surface area contributed by atoms with E-state index in [4.69, 9.17) is 9.84 Å². The van der Waals surface area contributed by atoms with Gasteiger partial charge in [-0.1, -0.05) is 12.1 Å². The largest absolute Gasteiger partial charge is 0.479 e. The van der Waals surface area contributed by atoms with Crippen LogP contribution in [-0.2, 0) is 9.53 Å². The molecule has 0 spiro atoms. The van der Waals surface area contributed by atoms with Gasteiger partial charge in [-0.25, -0.2) is 4.79 Å². The fraction of sp³-hybridized carbons (Fsp3) is 0.333. The van der Waals surface area contributed by atoms with Crippen molar-refractivity contribution in [2.24, 2.45) is 0 Å². The first kappa shape index (κ1) is 13.3. The van der Waals surface area contributed by atoms with Crippen LogP contribution in [0.2, 0.25) is 0 Å². The third kappa shape index (κ3) is 2.81. The molecule has 2 rings (SSSR count). The molecule has 1 aromatic carbocycles. The first-order valence-corrected chi connectivity index (χ1v) is 6.55. The summed E-state index contributed by atoms with van der Waals surface area (Å²) in [5.74, 6) is -1.18. The third-order valence-electron chi connectivity index (χ3n) is 2.73. The SMILES string of the molecule is O=C(O)C1CN(C(=O)c2ccccc2I)CCO1. The zero-order valence-electron chi connectivity index (χ0n) is 9.51. The van der Waals surface area contributed by atoms with Crippen LogP contribution in [0, 0.1) is 3.57 Å². The van der Waals surface area contributed by atoms with Gasteiger partial charge in [0.15, 0.2) is 6.10 Å². The molecule has 18 heavy (non-hydrogen) atoms. The molecule has 1 fully saturated rings. The molecule has 0 saturated carbocycles. The normalized spacial score (nSPS) is 19.6. The van der Waals surface area contributed by atoms with Gasteiger partial charge in [0.05, 0.1) is 18.7 Å². The Hall–Kier alpha value is -1.15. The van der Waals surface area contributed by atoms with Gasteiger partial charge in [-0.3, -0.25) is 4.79 Å². The number of hydrogen-bond acceptors (Lipinski definition) is 3. The van der Waals surface area contributed by atoms with Crippen molar-refractivity contribution in [1.82, 2.24) is 4.90 Å². The number of morpholine rings is 1. The van der Waals surface area contributed by atoms with Gasteiger partial charge in [0, 0.05) is 10.1 Å². The molecule has 6 heteroatoms. The highest BCUT2D eigenvalue weighted by molar-refractivity contribution is 14.1. The molecular formula is C12H12INO4. The van der Waals surface area contributed by atoms with Crippen LogP contribution in [0.5, 0.6) is 0 Å². The number of ether oxygens (including phenoxy) is 1. The molecule has 1 unspecified atom stereocenters. The second kappa shape index (κ2) is 5.66. The van der Waals surface area contributed by atoms with Gasteiger partial charge in [0.2, 0.25) is 0 Å². The molecule has 1 aromatic rings. The number of carbonyl (C=O) groups excluding carboxylic acids is 1. The maximum atomic E-state index is 12.3. The minimum absolute atomic E-state index is 0.0964. The van der Waals surface area contributed by atoms with Crippen molar-refractivity contribution in [1.29, 1.82) is 0 Å². The Morgan fingerprint density at radius 2 is 2.11 bits per heavy atom. The maximum absolute atomic E-state index is 12.3. The molecule has 0 aliphatic carbocycles. The molecular weight excluding hydrogens is 349 g/mol. The molecule has 1 heterocycles. The second-order valence-electron chi connectivity index (χ2n) is 3.93. The van der Waals surface area contributed by atoms with E-state index < -0.39 is 12.1 Å². The number of nitrogens with zero attached hydrogens (tertiary/aromatic N) is 1. The summed E-state index contributed by atoms with van der Waals surface area (Å²) in [7, 11) is 0. The molecule has 1 saturated heterocycles. The Morgan fingerprint density at radius 3 is 2.78 bits per heavy atom. The van der Waals surface area contributed by atoms with Crippen LogP contribution < -0.4 is 0 Å². The molecule has 1 amide bonds. The summed E-state index contributed by atoms with van der Waals surface area (Å²) in [5, 5.41) is 8.90. The van der Waals surface area contributed by atoms with Crippen LogP contribution in [0.3, 0.4) is 0 Å². The molecule has 0 radical (unpaired) electrons. The highest BCUT2D eigenvalue weighted by Crippen LogP contribution is 2.16. The number of halogens is 1. The Balaban J connectivity index is 2.14. The summed E-state index contributed by atoms with van der Waals surface area (Å²) in [5.41, 5.74) is 0.601. The summed E-state index contributed by atoms with van der Waals surface area (Å²) in [6.45, 7) is 0.777. The van der Waals surface area contributed by atoms with E-state index in [1.807, 2.05) is 12.1 Å². The van der Waals surface area contributed by atoms with Gasteiger partial charge < -0.3 is 14.7 Å². The molecule has 0 bridgehead atoms. The molecule has 1 aliphatic heterocycles. The van der Waals surface area contributed by atoms with Gasteiger partial charge in [-0.15, -0.1) is 0 Å². The summed E-state index contributed by atoms with van der Waals surface area (Å²) >= 11 is 2.10. The molecule has 96 valence electrons. The second-order valence-corrected chi connectivity index (χ2v) is 5.09. The van der Waals surface area contributed by atoms with E-state index in [2.05, 4.69) is 22.6 Å². The van der Waals surface area contributed by atoms with Crippen LogP contribution in [-0.4, -0.2) is 47.7 Å². The van der Waals surface area contributed by atoms with E-state index in [-0.39, 0.29) is 19.1 Å². The van der Waals surface area contributed by atoms with Gasteiger partial charge in [-0.2, -0.15) is 0 Å². The highest BCUT2D eigenvalue weighted by atomic mass is 127. The summed E-state index contributed by atoms with van der Waals surface area (Å²) < 4.78 is 5.95. The van der Waals surface area contributed by atoms with E-state index in [1.54, 1.807) is 12.1 Å². The minimum atomic E-state index is -1.03. The van der Waals surface area contributed by atoms with E-state index in [0.29, 0.717) is 12.1 Å². The first-order chi connectivity index (χ1) is 8.59. The van der Waals surface area contributed by atoms with Crippen molar-refractivity contribution in [3.05, 3.63) is 33.4 Å². The summed E-state index contributed by atoms with van der Waals surface area (Å²) in [6.07, 6.45) is -0.927.